The summed E-state index contributed by atoms with van der Waals surface area (Å²) >= 11 is 5.78. The maximum absolute atomic E-state index is 5.78. The largest absolute Gasteiger partial charge is 1.00 e. The van der Waals surface area contributed by atoms with E-state index in [4.69, 9.17) is 11.6 Å². The summed E-state index contributed by atoms with van der Waals surface area (Å²) in [4.78, 5) is 0. The third-order valence-electron chi connectivity index (χ3n) is 4.76. The van der Waals surface area contributed by atoms with Gasteiger partial charge in [-0.15, -0.1) is 11.6 Å². The zero-order valence-electron chi connectivity index (χ0n) is 16.2. The van der Waals surface area contributed by atoms with Crippen molar-refractivity contribution < 1.29 is 28.5 Å². The Bertz CT molecular complexity index is 222. The van der Waals surface area contributed by atoms with Gasteiger partial charge < -0.3 is 28.5 Å². The monoisotopic (exact) mass is 459 g/mol. The summed E-state index contributed by atoms with van der Waals surface area (Å²) in [6, 6.07) is 0. The Hall–Kier alpha value is 0.980. The Morgan fingerprint density at radius 2 is 0.913 bits per heavy atom. The van der Waals surface area contributed by atoms with Gasteiger partial charge in [0.05, 0.1) is 27.2 Å². The van der Waals surface area contributed by atoms with E-state index in [1.165, 1.54) is 96.6 Å². The molecule has 23 heavy (non-hydrogen) atoms. The van der Waals surface area contributed by atoms with Crippen LogP contribution >= 0.6 is 11.6 Å². The van der Waals surface area contributed by atoms with Gasteiger partial charge in [-0.3, -0.25) is 0 Å². The molecule has 0 radical (unpaired) electrons. The average Bonchev–Trinajstić information content (AvgIpc) is 2.50. The molecule has 3 heteroatoms. The molecule has 0 aliphatic heterocycles. The molecule has 0 aromatic heterocycles. The Labute approximate surface area is 169 Å². The fourth-order valence-electron chi connectivity index (χ4n) is 3.16. The minimum atomic E-state index is 0. The number of hydrogen-bond donors (Lipinski definition) is 0. The molecule has 0 fully saturated rings. The van der Waals surface area contributed by atoms with E-state index in [-0.39, 0.29) is 24.0 Å². The van der Waals surface area contributed by atoms with Crippen molar-refractivity contribution in [1.82, 2.24) is 0 Å². The van der Waals surface area contributed by atoms with E-state index in [2.05, 4.69) is 21.0 Å². The fraction of sp³-hybridized carbons (Fsp3) is 1.00. The second-order valence-electron chi connectivity index (χ2n) is 7.67. The topological polar surface area (TPSA) is 0 Å². The summed E-state index contributed by atoms with van der Waals surface area (Å²) in [7, 11) is 4.68. The van der Waals surface area contributed by atoms with E-state index in [1.54, 1.807) is 0 Å². The molecule has 0 saturated heterocycles. The molecule has 0 amide bonds. The number of alkyl halides is 1. The molecule has 0 heterocycles. The van der Waals surface area contributed by atoms with Crippen LogP contribution in [0.25, 0.3) is 0 Å². The van der Waals surface area contributed by atoms with Gasteiger partial charge in [0.25, 0.3) is 0 Å². The molecule has 0 spiro atoms. The van der Waals surface area contributed by atoms with Gasteiger partial charge in [0.15, 0.2) is 0 Å². The standard InChI is InChI=1S/C20H43ClN.HI/c1-4-5-6-7-8-9-10-11-12-13-14-15-16-19-22(2,3)20-17-18-21;/h4-20H2,1-3H3;1H/q+1;/p-1. The maximum Gasteiger partial charge on any atom is 0.0794 e. The van der Waals surface area contributed by atoms with Gasteiger partial charge in [-0.2, -0.15) is 0 Å². The molecule has 1 nitrogen and oxygen atoms in total. The first-order valence-corrected chi connectivity index (χ1v) is 10.5. The Balaban J connectivity index is 0. The van der Waals surface area contributed by atoms with Crippen molar-refractivity contribution in [2.75, 3.05) is 33.1 Å². The highest BCUT2D eigenvalue weighted by atomic mass is 127. The number of nitrogens with zero attached hydrogens (tertiary/aromatic N) is 1. The van der Waals surface area contributed by atoms with E-state index >= 15 is 0 Å². The number of quaternary nitrogens is 1. The highest BCUT2D eigenvalue weighted by Crippen LogP contribution is 2.13. The average molecular weight is 460 g/mol. The summed E-state index contributed by atoms with van der Waals surface area (Å²) < 4.78 is 1.14. The minimum absolute atomic E-state index is 0. The zero-order valence-corrected chi connectivity index (χ0v) is 19.1. The number of hydrogen-bond acceptors (Lipinski definition) is 0. The third kappa shape index (κ3) is 20.9. The van der Waals surface area contributed by atoms with Crippen LogP contribution in [0.1, 0.15) is 96.8 Å². The van der Waals surface area contributed by atoms with Crippen LogP contribution in [0.4, 0.5) is 0 Å². The SMILES string of the molecule is CCCCCCCCCCCCCCC[N+](C)(C)CCCCl.[I-]. The normalized spacial score (nSPS) is 11.5. The fourth-order valence-corrected chi connectivity index (χ4v) is 3.28. The maximum atomic E-state index is 5.78. The highest BCUT2D eigenvalue weighted by Gasteiger charge is 2.12. The molecule has 0 atom stereocenters. The van der Waals surface area contributed by atoms with Gasteiger partial charge in [0, 0.05) is 12.3 Å². The van der Waals surface area contributed by atoms with Gasteiger partial charge in [-0.25, -0.2) is 0 Å². The second-order valence-corrected chi connectivity index (χ2v) is 8.05. The zero-order chi connectivity index (χ0) is 16.5. The van der Waals surface area contributed by atoms with Crippen molar-refractivity contribution in [3.8, 4) is 0 Å². The predicted octanol–water partition coefficient (Wildman–Crippen LogP) is 3.79. The number of unbranched alkanes of at least 4 members (excludes halogenated alkanes) is 12. The molecule has 0 aliphatic carbocycles. The molecule has 0 aliphatic rings. The van der Waals surface area contributed by atoms with Crippen LogP contribution in [0.15, 0.2) is 0 Å². The Kier molecular flexibility index (Phi) is 22.0. The molecule has 0 N–H and O–H groups in total. The van der Waals surface area contributed by atoms with Crippen molar-refractivity contribution >= 4 is 11.6 Å². The van der Waals surface area contributed by atoms with E-state index < -0.39 is 0 Å². The van der Waals surface area contributed by atoms with E-state index in [0.717, 1.165) is 16.8 Å². The predicted molar refractivity (Wildman–Crippen MR) is 103 cm³/mol. The van der Waals surface area contributed by atoms with Crippen molar-refractivity contribution in [1.29, 1.82) is 0 Å². The van der Waals surface area contributed by atoms with Crippen LogP contribution in [0.2, 0.25) is 0 Å². The quantitative estimate of drug-likeness (QED) is 0.134. The highest BCUT2D eigenvalue weighted by molar-refractivity contribution is 6.17. The smallest absolute Gasteiger partial charge is 0.0794 e. The van der Waals surface area contributed by atoms with Crippen LogP contribution in [0, 0.1) is 0 Å². The van der Waals surface area contributed by atoms with Crippen molar-refractivity contribution in [3.05, 3.63) is 0 Å². The lowest BCUT2D eigenvalue weighted by Crippen LogP contribution is -3.00. The second kappa shape index (κ2) is 19.3. The molecule has 0 unspecified atom stereocenters. The van der Waals surface area contributed by atoms with Gasteiger partial charge in [-0.05, 0) is 12.8 Å². The van der Waals surface area contributed by atoms with Crippen molar-refractivity contribution in [2.24, 2.45) is 0 Å². The van der Waals surface area contributed by atoms with Crippen LogP contribution < -0.4 is 24.0 Å². The van der Waals surface area contributed by atoms with E-state index in [9.17, 15) is 0 Å². The lowest BCUT2D eigenvalue weighted by molar-refractivity contribution is -0.890. The minimum Gasteiger partial charge on any atom is -1.00 e. The molecular formula is C20H43ClIN. The van der Waals surface area contributed by atoms with Crippen molar-refractivity contribution in [3.63, 3.8) is 0 Å². The van der Waals surface area contributed by atoms with Crippen LogP contribution in [0.3, 0.4) is 0 Å². The molecule has 0 aromatic carbocycles. The van der Waals surface area contributed by atoms with Crippen LogP contribution in [-0.2, 0) is 0 Å². The molecule has 0 bridgehead atoms. The first-order valence-electron chi connectivity index (χ1n) is 10.0. The molecule has 0 rings (SSSR count). The Morgan fingerprint density at radius 3 is 1.30 bits per heavy atom. The summed E-state index contributed by atoms with van der Waals surface area (Å²) in [5, 5.41) is 0. The third-order valence-corrected chi connectivity index (χ3v) is 5.03. The molecular weight excluding hydrogens is 417 g/mol. The summed E-state index contributed by atoms with van der Waals surface area (Å²) in [6.45, 7) is 4.83. The molecule has 142 valence electrons. The van der Waals surface area contributed by atoms with Crippen LogP contribution in [-0.4, -0.2) is 37.5 Å². The first-order chi connectivity index (χ1) is 10.6. The number of rotatable bonds is 17. The van der Waals surface area contributed by atoms with Gasteiger partial charge in [0.2, 0.25) is 0 Å². The van der Waals surface area contributed by atoms with E-state index in [0.29, 0.717) is 0 Å². The van der Waals surface area contributed by atoms with Gasteiger partial charge >= 0.3 is 0 Å². The first kappa shape index (κ1) is 26.2. The molecule has 0 saturated carbocycles. The van der Waals surface area contributed by atoms with Gasteiger partial charge in [0.1, 0.15) is 0 Å². The lowest BCUT2D eigenvalue weighted by Gasteiger charge is -2.29. The molecule has 0 aromatic rings. The Morgan fingerprint density at radius 1 is 0.565 bits per heavy atom. The van der Waals surface area contributed by atoms with Crippen LogP contribution in [0.5, 0.6) is 0 Å². The number of halogens is 2. The lowest BCUT2D eigenvalue weighted by atomic mass is 10.0. The van der Waals surface area contributed by atoms with Crippen molar-refractivity contribution in [2.45, 2.75) is 96.8 Å². The summed E-state index contributed by atoms with van der Waals surface area (Å²) in [5.41, 5.74) is 0. The van der Waals surface area contributed by atoms with Gasteiger partial charge in [-0.1, -0.05) is 77.6 Å². The summed E-state index contributed by atoms with van der Waals surface area (Å²) in [5.74, 6) is 0.806. The summed E-state index contributed by atoms with van der Waals surface area (Å²) in [6.07, 6.45) is 19.9. The van der Waals surface area contributed by atoms with E-state index in [1.807, 2.05) is 0 Å².